The maximum Gasteiger partial charge on any atom is 0.252 e. The average molecular weight is 432 g/mol. The highest BCUT2D eigenvalue weighted by Gasteiger charge is 2.23. The number of hydrogen-bond donors (Lipinski definition) is 2. The third-order valence-electron chi connectivity index (χ3n) is 3.56. The van der Waals surface area contributed by atoms with Crippen molar-refractivity contribution in [2.45, 2.75) is 10.8 Å². The number of carbonyl (C=O) groups excluding carboxylic acids is 1. The number of hydrogen-bond acceptors (Lipinski definition) is 6. The van der Waals surface area contributed by atoms with Crippen LogP contribution in [0.3, 0.4) is 0 Å². The fraction of sp³-hybridized carbons (Fsp3) is 0.312. The lowest BCUT2D eigenvalue weighted by atomic mass is 10.2. The van der Waals surface area contributed by atoms with Gasteiger partial charge in [0, 0.05) is 20.1 Å². The Kier molecular flexibility index (Phi) is 7.50. The molecule has 1 heterocycles. The molecular weight excluding hydrogens is 410 g/mol. The van der Waals surface area contributed by atoms with Crippen LogP contribution in [-0.4, -0.2) is 52.9 Å². The van der Waals surface area contributed by atoms with Gasteiger partial charge < -0.3 is 5.32 Å². The molecular formula is C16H21N3O5S3. The highest BCUT2D eigenvalue weighted by atomic mass is 32.2. The number of thiophene rings is 1. The largest absolute Gasteiger partial charge is 0.354 e. The van der Waals surface area contributed by atoms with Crippen LogP contribution in [0.2, 0.25) is 0 Å². The van der Waals surface area contributed by atoms with Crippen LogP contribution in [0.25, 0.3) is 0 Å². The van der Waals surface area contributed by atoms with Gasteiger partial charge in [-0.05, 0) is 17.0 Å². The Labute approximate surface area is 163 Å². The molecule has 1 aromatic carbocycles. The van der Waals surface area contributed by atoms with Crippen molar-refractivity contribution in [1.82, 2.24) is 14.3 Å². The SMILES string of the molecule is CN(CC(=O)NCCS(=O)(=O)NCc1ccccc1)S(=O)(=O)c1cccs1. The van der Waals surface area contributed by atoms with Gasteiger partial charge in [0.05, 0.1) is 12.3 Å². The van der Waals surface area contributed by atoms with Crippen LogP contribution in [-0.2, 0) is 31.4 Å². The van der Waals surface area contributed by atoms with E-state index in [2.05, 4.69) is 10.0 Å². The molecule has 27 heavy (non-hydrogen) atoms. The van der Waals surface area contributed by atoms with Crippen molar-refractivity contribution in [2.24, 2.45) is 0 Å². The van der Waals surface area contributed by atoms with Crippen LogP contribution >= 0.6 is 11.3 Å². The van der Waals surface area contributed by atoms with Crippen LogP contribution in [0.15, 0.2) is 52.1 Å². The molecule has 11 heteroatoms. The average Bonchev–Trinajstić information content (AvgIpc) is 3.16. The molecule has 8 nitrogen and oxygen atoms in total. The molecule has 0 spiro atoms. The van der Waals surface area contributed by atoms with E-state index < -0.39 is 32.5 Å². The van der Waals surface area contributed by atoms with E-state index in [1.165, 1.54) is 13.1 Å². The quantitative estimate of drug-likeness (QED) is 0.572. The fourth-order valence-electron chi connectivity index (χ4n) is 2.09. The molecule has 2 aromatic rings. The van der Waals surface area contributed by atoms with E-state index in [1.54, 1.807) is 23.6 Å². The van der Waals surface area contributed by atoms with Crippen LogP contribution < -0.4 is 10.0 Å². The Bertz CT molecular complexity index is 942. The Balaban J connectivity index is 1.76. The maximum atomic E-state index is 12.2. The van der Waals surface area contributed by atoms with Crippen LogP contribution in [0.5, 0.6) is 0 Å². The maximum absolute atomic E-state index is 12.2. The highest BCUT2D eigenvalue weighted by Crippen LogP contribution is 2.19. The number of nitrogens with zero attached hydrogens (tertiary/aromatic N) is 1. The highest BCUT2D eigenvalue weighted by molar-refractivity contribution is 7.91. The molecule has 0 fully saturated rings. The van der Waals surface area contributed by atoms with Gasteiger partial charge in [-0.3, -0.25) is 4.79 Å². The summed E-state index contributed by atoms with van der Waals surface area (Å²) in [7, 11) is -5.99. The van der Waals surface area contributed by atoms with Gasteiger partial charge in [-0.1, -0.05) is 36.4 Å². The molecule has 0 unspecified atom stereocenters. The van der Waals surface area contributed by atoms with Gasteiger partial charge in [-0.2, -0.15) is 4.31 Å². The zero-order valence-electron chi connectivity index (χ0n) is 14.7. The Morgan fingerprint density at radius 1 is 1.07 bits per heavy atom. The monoisotopic (exact) mass is 431 g/mol. The normalized spacial score (nSPS) is 12.2. The van der Waals surface area contributed by atoms with Gasteiger partial charge in [-0.15, -0.1) is 11.3 Å². The molecule has 0 saturated heterocycles. The lowest BCUT2D eigenvalue weighted by molar-refractivity contribution is -0.121. The van der Waals surface area contributed by atoms with Crippen molar-refractivity contribution in [3.8, 4) is 0 Å². The van der Waals surface area contributed by atoms with E-state index in [0.717, 1.165) is 21.2 Å². The van der Waals surface area contributed by atoms with E-state index in [4.69, 9.17) is 0 Å². The number of benzene rings is 1. The van der Waals surface area contributed by atoms with Crippen LogP contribution in [0, 0.1) is 0 Å². The summed E-state index contributed by atoms with van der Waals surface area (Å²) in [6, 6.07) is 12.1. The van der Waals surface area contributed by atoms with Crippen LogP contribution in [0.1, 0.15) is 5.56 Å². The number of amides is 1. The Hall–Kier alpha value is -1.79. The minimum absolute atomic E-state index is 0.115. The summed E-state index contributed by atoms with van der Waals surface area (Å²) < 4.78 is 51.9. The molecule has 1 amide bonds. The Morgan fingerprint density at radius 2 is 1.78 bits per heavy atom. The first-order chi connectivity index (χ1) is 12.7. The second kappa shape index (κ2) is 9.42. The summed E-state index contributed by atoms with van der Waals surface area (Å²) in [5.41, 5.74) is 0.825. The van der Waals surface area contributed by atoms with E-state index in [-0.39, 0.29) is 23.1 Å². The molecule has 0 saturated carbocycles. The van der Waals surface area contributed by atoms with Gasteiger partial charge in [0.25, 0.3) is 10.0 Å². The van der Waals surface area contributed by atoms with Crippen molar-refractivity contribution >= 4 is 37.3 Å². The Morgan fingerprint density at radius 3 is 2.41 bits per heavy atom. The molecule has 2 N–H and O–H groups in total. The van der Waals surface area contributed by atoms with Gasteiger partial charge >= 0.3 is 0 Å². The molecule has 2 rings (SSSR count). The van der Waals surface area contributed by atoms with E-state index in [0.29, 0.717) is 0 Å². The molecule has 0 aliphatic carbocycles. The minimum Gasteiger partial charge on any atom is -0.354 e. The predicted molar refractivity (Wildman–Crippen MR) is 104 cm³/mol. The van der Waals surface area contributed by atoms with Crippen molar-refractivity contribution in [3.63, 3.8) is 0 Å². The summed E-state index contributed by atoms with van der Waals surface area (Å²) in [5, 5.41) is 4.06. The third-order valence-corrected chi connectivity index (χ3v) is 8.06. The lowest BCUT2D eigenvalue weighted by Gasteiger charge is -2.15. The van der Waals surface area contributed by atoms with E-state index in [9.17, 15) is 21.6 Å². The van der Waals surface area contributed by atoms with E-state index >= 15 is 0 Å². The third kappa shape index (κ3) is 6.70. The summed E-state index contributed by atoms with van der Waals surface area (Å²) in [6.45, 7) is -0.341. The summed E-state index contributed by atoms with van der Waals surface area (Å²) in [4.78, 5) is 11.9. The number of nitrogens with one attached hydrogen (secondary N) is 2. The van der Waals surface area contributed by atoms with Crippen molar-refractivity contribution in [1.29, 1.82) is 0 Å². The molecule has 0 aliphatic rings. The zero-order chi connectivity index (χ0) is 19.9. The van der Waals surface area contributed by atoms with Crippen molar-refractivity contribution in [3.05, 3.63) is 53.4 Å². The molecule has 0 aliphatic heterocycles. The number of likely N-dealkylation sites (N-methyl/N-ethyl adjacent to an activating group) is 1. The first kappa shape index (κ1) is 21.5. The predicted octanol–water partition coefficient (Wildman–Crippen LogP) is 0.604. The first-order valence-electron chi connectivity index (χ1n) is 7.98. The summed E-state index contributed by atoms with van der Waals surface area (Å²) in [5.74, 6) is -0.872. The minimum atomic E-state index is -3.72. The first-order valence-corrected chi connectivity index (χ1v) is 12.0. The second-order valence-electron chi connectivity index (χ2n) is 5.67. The number of sulfonamides is 2. The summed E-state index contributed by atoms with van der Waals surface area (Å²) in [6.07, 6.45) is 0. The summed E-state index contributed by atoms with van der Waals surface area (Å²) >= 11 is 1.06. The molecule has 0 atom stereocenters. The molecule has 0 bridgehead atoms. The van der Waals surface area contributed by atoms with Gasteiger partial charge in [0.15, 0.2) is 0 Å². The van der Waals surface area contributed by atoms with Gasteiger partial charge in [0.2, 0.25) is 15.9 Å². The van der Waals surface area contributed by atoms with Crippen molar-refractivity contribution < 1.29 is 21.6 Å². The second-order valence-corrected chi connectivity index (χ2v) is 10.8. The number of rotatable bonds is 10. The fourth-order valence-corrected chi connectivity index (χ4v) is 5.32. The smallest absolute Gasteiger partial charge is 0.252 e. The molecule has 1 aromatic heterocycles. The topological polar surface area (TPSA) is 113 Å². The molecule has 0 radical (unpaired) electrons. The van der Waals surface area contributed by atoms with E-state index in [1.807, 2.05) is 18.2 Å². The van der Waals surface area contributed by atoms with Crippen LogP contribution in [0.4, 0.5) is 0 Å². The zero-order valence-corrected chi connectivity index (χ0v) is 17.1. The standard InChI is InChI=1S/C16H21N3O5S3/c1-19(27(23,24)16-8-5-10-25-16)13-15(20)17-9-11-26(21,22)18-12-14-6-3-2-4-7-14/h2-8,10,18H,9,11-13H2,1H3,(H,17,20). The molecule has 148 valence electrons. The number of carbonyl (C=O) groups is 1. The lowest BCUT2D eigenvalue weighted by Crippen LogP contribution is -2.40. The van der Waals surface area contributed by atoms with Crippen molar-refractivity contribution in [2.75, 3.05) is 25.9 Å². The van der Waals surface area contributed by atoms with Gasteiger partial charge in [-0.25, -0.2) is 21.6 Å². The van der Waals surface area contributed by atoms with Gasteiger partial charge in [0.1, 0.15) is 4.21 Å².